The first-order chi connectivity index (χ1) is 7.06. The van der Waals surface area contributed by atoms with E-state index >= 15 is 0 Å². The fourth-order valence-corrected chi connectivity index (χ4v) is 1.13. The molecule has 0 bridgehead atoms. The van der Waals surface area contributed by atoms with Crippen LogP contribution in [-0.4, -0.2) is 18.5 Å². The zero-order valence-corrected chi connectivity index (χ0v) is 7.98. The lowest BCUT2D eigenvalue weighted by molar-refractivity contribution is -0.259. The molecule has 0 saturated heterocycles. The predicted octanol–water partition coefficient (Wildman–Crippen LogP) is -1.19. The molecule has 0 N–H and O–H groups in total. The fraction of sp³-hybridized carbons (Fsp3) is 0.200. The van der Waals surface area contributed by atoms with Crippen molar-refractivity contribution < 1.29 is 24.5 Å². The second-order valence-electron chi connectivity index (χ2n) is 2.72. The summed E-state index contributed by atoms with van der Waals surface area (Å²) in [5.41, 5.74) is -0.862. The Morgan fingerprint density at radius 1 is 1.20 bits per heavy atom. The number of carboxylic acid groups (broad SMARTS) is 2. The molecule has 0 saturated carbocycles. The second kappa shape index (κ2) is 4.45. The van der Waals surface area contributed by atoms with E-state index in [1.165, 1.54) is 6.07 Å². The van der Waals surface area contributed by atoms with Gasteiger partial charge in [0.15, 0.2) is 0 Å². The van der Waals surface area contributed by atoms with Crippen molar-refractivity contribution in [2.24, 2.45) is 0 Å². The van der Waals surface area contributed by atoms with Crippen LogP contribution in [-0.2, 0) is 0 Å². The van der Waals surface area contributed by atoms with E-state index in [1.807, 2.05) is 0 Å². The van der Waals surface area contributed by atoms with Gasteiger partial charge in [-0.25, -0.2) is 0 Å². The molecule has 5 nitrogen and oxygen atoms in total. The average molecular weight is 208 g/mol. The molecule has 0 aliphatic rings. The number of carbonyl (C=O) groups excluding carboxylic acids is 2. The number of ether oxygens (including phenoxy) is 1. The molecule has 0 fully saturated rings. The topological polar surface area (TPSA) is 89.5 Å². The molecule has 0 aromatic heterocycles. The molecule has 0 unspecified atom stereocenters. The van der Waals surface area contributed by atoms with Crippen molar-refractivity contribution in [3.05, 3.63) is 29.3 Å². The maximum absolute atomic E-state index is 10.6. The quantitative estimate of drug-likeness (QED) is 0.620. The molecule has 0 aliphatic carbocycles. The van der Waals surface area contributed by atoms with Crippen molar-refractivity contribution in [1.82, 2.24) is 0 Å². The number of benzene rings is 1. The Labute approximate surface area is 85.9 Å². The smallest absolute Gasteiger partial charge is 0.119 e. The molecule has 0 radical (unpaired) electrons. The van der Waals surface area contributed by atoms with Gasteiger partial charge < -0.3 is 24.5 Å². The van der Waals surface area contributed by atoms with Crippen LogP contribution >= 0.6 is 0 Å². The van der Waals surface area contributed by atoms with Crippen LogP contribution in [0.5, 0.6) is 5.75 Å². The number of aromatic carboxylic acids is 2. The summed E-state index contributed by atoms with van der Waals surface area (Å²) in [5, 5.41) is 21.2. The normalized spacial score (nSPS) is 9.67. The largest absolute Gasteiger partial charge is 0.545 e. The van der Waals surface area contributed by atoms with E-state index in [9.17, 15) is 19.8 Å². The van der Waals surface area contributed by atoms with Crippen LogP contribution in [0.4, 0.5) is 0 Å². The molecule has 0 atom stereocenters. The van der Waals surface area contributed by atoms with Gasteiger partial charge in [0, 0.05) is 11.1 Å². The molecule has 15 heavy (non-hydrogen) atoms. The summed E-state index contributed by atoms with van der Waals surface area (Å²) in [6, 6.07) is 3.58. The maximum atomic E-state index is 10.6. The van der Waals surface area contributed by atoms with E-state index in [4.69, 9.17) is 4.74 Å². The Bertz CT molecular complexity index is 397. The molecule has 0 spiro atoms. The molecule has 1 aromatic rings. The third-order valence-corrected chi connectivity index (χ3v) is 1.74. The lowest BCUT2D eigenvalue weighted by Crippen LogP contribution is -2.30. The van der Waals surface area contributed by atoms with Gasteiger partial charge >= 0.3 is 0 Å². The van der Waals surface area contributed by atoms with Crippen LogP contribution in [0.1, 0.15) is 27.6 Å². The third kappa shape index (κ3) is 2.46. The van der Waals surface area contributed by atoms with Crippen molar-refractivity contribution in [3.8, 4) is 5.75 Å². The third-order valence-electron chi connectivity index (χ3n) is 1.74. The highest BCUT2D eigenvalue weighted by molar-refractivity contribution is 6.00. The zero-order valence-electron chi connectivity index (χ0n) is 7.98. The van der Waals surface area contributed by atoms with Gasteiger partial charge in [-0.3, -0.25) is 0 Å². The first-order valence-corrected chi connectivity index (χ1v) is 4.25. The molecule has 5 heteroatoms. The second-order valence-corrected chi connectivity index (χ2v) is 2.72. The van der Waals surface area contributed by atoms with Crippen LogP contribution < -0.4 is 14.9 Å². The lowest BCUT2D eigenvalue weighted by Gasteiger charge is -2.13. The van der Waals surface area contributed by atoms with Crippen LogP contribution in [0.15, 0.2) is 18.2 Å². The van der Waals surface area contributed by atoms with E-state index in [-0.39, 0.29) is 5.75 Å². The lowest BCUT2D eigenvalue weighted by atomic mass is 10.1. The summed E-state index contributed by atoms with van der Waals surface area (Å²) in [6.45, 7) is 2.09. The average Bonchev–Trinajstić information content (AvgIpc) is 2.17. The number of carbonyl (C=O) groups is 2. The summed E-state index contributed by atoms with van der Waals surface area (Å²) in [5.74, 6) is -2.85. The monoisotopic (exact) mass is 208 g/mol. The van der Waals surface area contributed by atoms with Crippen molar-refractivity contribution in [2.45, 2.75) is 6.92 Å². The minimum atomic E-state index is -1.57. The van der Waals surface area contributed by atoms with Crippen LogP contribution in [0.2, 0.25) is 0 Å². The van der Waals surface area contributed by atoms with Gasteiger partial charge in [-0.15, -0.1) is 0 Å². The molecule has 0 heterocycles. The first kappa shape index (κ1) is 11.0. The summed E-state index contributed by atoms with van der Waals surface area (Å²) >= 11 is 0. The predicted molar refractivity (Wildman–Crippen MR) is 46.3 cm³/mol. The van der Waals surface area contributed by atoms with Gasteiger partial charge in [0.2, 0.25) is 0 Å². The number of hydrogen-bond acceptors (Lipinski definition) is 5. The molecular formula is C10H8O5-2. The minimum Gasteiger partial charge on any atom is -0.545 e. The summed E-state index contributed by atoms with van der Waals surface area (Å²) in [7, 11) is 0. The van der Waals surface area contributed by atoms with Crippen molar-refractivity contribution in [1.29, 1.82) is 0 Å². The Hall–Kier alpha value is -2.04. The Kier molecular flexibility index (Phi) is 3.28. The van der Waals surface area contributed by atoms with Gasteiger partial charge in [0.05, 0.1) is 18.5 Å². The van der Waals surface area contributed by atoms with Gasteiger partial charge in [-0.05, 0) is 25.1 Å². The van der Waals surface area contributed by atoms with E-state index < -0.39 is 23.1 Å². The number of rotatable bonds is 4. The van der Waals surface area contributed by atoms with E-state index in [0.29, 0.717) is 6.61 Å². The number of carboxylic acids is 2. The molecular weight excluding hydrogens is 200 g/mol. The van der Waals surface area contributed by atoms with Crippen molar-refractivity contribution in [2.75, 3.05) is 6.61 Å². The summed E-state index contributed by atoms with van der Waals surface area (Å²) in [6.07, 6.45) is 0. The number of hydrogen-bond donors (Lipinski definition) is 0. The maximum Gasteiger partial charge on any atom is 0.119 e. The van der Waals surface area contributed by atoms with Crippen molar-refractivity contribution >= 4 is 11.9 Å². The Morgan fingerprint density at radius 2 is 1.80 bits per heavy atom. The van der Waals surface area contributed by atoms with Gasteiger partial charge in [-0.1, -0.05) is 0 Å². The van der Waals surface area contributed by atoms with Crippen LogP contribution in [0, 0.1) is 0 Å². The van der Waals surface area contributed by atoms with Crippen LogP contribution in [0.3, 0.4) is 0 Å². The minimum absolute atomic E-state index is 0.279. The van der Waals surface area contributed by atoms with E-state index in [0.717, 1.165) is 12.1 Å². The zero-order chi connectivity index (χ0) is 11.4. The Morgan fingerprint density at radius 3 is 2.27 bits per heavy atom. The van der Waals surface area contributed by atoms with Crippen molar-refractivity contribution in [3.63, 3.8) is 0 Å². The highest BCUT2D eigenvalue weighted by Crippen LogP contribution is 2.17. The van der Waals surface area contributed by atoms with E-state index in [1.54, 1.807) is 6.92 Å². The molecule has 0 amide bonds. The van der Waals surface area contributed by atoms with Gasteiger partial charge in [0.1, 0.15) is 5.75 Å². The molecule has 80 valence electrons. The van der Waals surface area contributed by atoms with Gasteiger partial charge in [0.25, 0.3) is 0 Å². The fourth-order valence-electron chi connectivity index (χ4n) is 1.13. The SMILES string of the molecule is CCOc1ccc(C(=O)[O-])c(C(=O)[O-])c1. The van der Waals surface area contributed by atoms with Gasteiger partial charge in [-0.2, -0.15) is 0 Å². The van der Waals surface area contributed by atoms with E-state index in [2.05, 4.69) is 0 Å². The van der Waals surface area contributed by atoms with Crippen LogP contribution in [0.25, 0.3) is 0 Å². The standard InChI is InChI=1S/C10H10O5/c1-2-15-6-3-4-7(9(11)12)8(5-6)10(13)14/h3-5H,2H2,1H3,(H,11,12)(H,13,14)/p-2. The first-order valence-electron chi connectivity index (χ1n) is 4.25. The highest BCUT2D eigenvalue weighted by atomic mass is 16.5. The molecule has 1 aromatic carbocycles. The highest BCUT2D eigenvalue weighted by Gasteiger charge is 2.06. The Balaban J connectivity index is 3.21. The molecule has 1 rings (SSSR count). The summed E-state index contributed by atoms with van der Waals surface area (Å²) in [4.78, 5) is 21.2. The molecule has 0 aliphatic heterocycles. The summed E-state index contributed by atoms with van der Waals surface area (Å²) < 4.78 is 5.03.